The summed E-state index contributed by atoms with van der Waals surface area (Å²) in [5.74, 6) is -1.65. The van der Waals surface area contributed by atoms with Gasteiger partial charge in [0.25, 0.3) is 10.0 Å². The van der Waals surface area contributed by atoms with Crippen LogP contribution in [0.25, 0.3) is 0 Å². The zero-order valence-corrected chi connectivity index (χ0v) is 28.1. The normalized spacial score (nSPS) is 12.3. The summed E-state index contributed by atoms with van der Waals surface area (Å²) < 4.78 is 44.9. The Hall–Kier alpha value is -4.02. The van der Waals surface area contributed by atoms with Gasteiger partial charge in [-0.2, -0.15) is 0 Å². The molecule has 0 radical (unpaired) electrons. The van der Waals surface area contributed by atoms with Crippen molar-refractivity contribution in [2.45, 2.75) is 57.1 Å². The fourth-order valence-electron chi connectivity index (χ4n) is 4.81. The molecule has 0 heterocycles. The maximum atomic E-state index is 15.0. The first-order chi connectivity index (χ1) is 21.2. The van der Waals surface area contributed by atoms with Gasteiger partial charge in [-0.3, -0.25) is 13.9 Å². The molecule has 1 atom stereocenters. The second-order valence-electron chi connectivity index (χ2n) is 11.9. The average molecular weight is 695 g/mol. The number of carbonyl (C=O) groups is 2. The summed E-state index contributed by atoms with van der Waals surface area (Å²) in [5.41, 5.74) is 1.49. The highest BCUT2D eigenvalue weighted by molar-refractivity contribution is 9.10. The number of nitrogens with zero attached hydrogens (tertiary/aromatic N) is 2. The van der Waals surface area contributed by atoms with Gasteiger partial charge in [0.15, 0.2) is 0 Å². The molecule has 0 aliphatic rings. The Morgan fingerprint density at radius 3 is 2.16 bits per heavy atom. The molecule has 0 aliphatic heterocycles. The Morgan fingerprint density at radius 2 is 1.53 bits per heavy atom. The Morgan fingerprint density at radius 1 is 0.889 bits per heavy atom. The van der Waals surface area contributed by atoms with E-state index in [4.69, 9.17) is 0 Å². The number of rotatable bonds is 11. The van der Waals surface area contributed by atoms with Crippen molar-refractivity contribution in [3.8, 4) is 0 Å². The van der Waals surface area contributed by atoms with Crippen molar-refractivity contribution in [3.63, 3.8) is 0 Å². The topological polar surface area (TPSA) is 86.8 Å². The highest BCUT2D eigenvalue weighted by Gasteiger charge is 2.36. The van der Waals surface area contributed by atoms with Crippen LogP contribution in [0.2, 0.25) is 0 Å². The van der Waals surface area contributed by atoms with E-state index in [-0.39, 0.29) is 29.1 Å². The van der Waals surface area contributed by atoms with E-state index < -0.39 is 45.8 Å². The molecule has 0 saturated heterocycles. The molecule has 0 spiro atoms. The lowest BCUT2D eigenvalue weighted by Gasteiger charge is -2.35. The van der Waals surface area contributed by atoms with Crippen molar-refractivity contribution in [2.24, 2.45) is 0 Å². The number of hydrogen-bond acceptors (Lipinski definition) is 4. The Labute approximate surface area is 273 Å². The molecule has 0 aromatic heterocycles. The average Bonchev–Trinajstić information content (AvgIpc) is 2.98. The molecule has 7 nitrogen and oxygen atoms in total. The van der Waals surface area contributed by atoms with Crippen molar-refractivity contribution in [1.29, 1.82) is 0 Å². The standard InChI is InChI=1S/C35H37BrFN3O4S/c1-25-17-19-30(20-18-25)45(43,44)40(29-15-10-14-28(36)22-29)24-33(41)39(23-27-13-8-9-16-31(27)37)32(34(42)38-35(2,3)4)21-26-11-6-5-7-12-26/h5-20,22,32H,21,23-24H2,1-4H3,(H,38,42). The quantitative estimate of drug-likeness (QED) is 0.191. The molecule has 0 bridgehead atoms. The second-order valence-corrected chi connectivity index (χ2v) is 14.6. The maximum Gasteiger partial charge on any atom is 0.264 e. The summed E-state index contributed by atoms with van der Waals surface area (Å²) in [4.78, 5) is 29.7. The Balaban J connectivity index is 1.83. The van der Waals surface area contributed by atoms with Crippen molar-refractivity contribution in [2.75, 3.05) is 10.8 Å². The molecule has 2 amide bonds. The highest BCUT2D eigenvalue weighted by Crippen LogP contribution is 2.28. The molecule has 0 fully saturated rings. The monoisotopic (exact) mass is 693 g/mol. The fourth-order valence-corrected chi connectivity index (χ4v) is 6.61. The summed E-state index contributed by atoms with van der Waals surface area (Å²) in [6, 6.07) is 27.1. The predicted octanol–water partition coefficient (Wildman–Crippen LogP) is 6.65. The van der Waals surface area contributed by atoms with Gasteiger partial charge >= 0.3 is 0 Å². The van der Waals surface area contributed by atoms with Crippen LogP contribution in [-0.4, -0.2) is 43.3 Å². The van der Waals surface area contributed by atoms with E-state index in [1.54, 1.807) is 54.6 Å². The number of halogens is 2. The SMILES string of the molecule is Cc1ccc(S(=O)(=O)N(CC(=O)N(Cc2ccccc2F)C(Cc2ccccc2)C(=O)NC(C)(C)C)c2cccc(Br)c2)cc1. The molecule has 4 rings (SSSR count). The minimum atomic E-state index is -4.24. The van der Waals surface area contributed by atoms with Crippen LogP contribution in [0, 0.1) is 12.7 Å². The van der Waals surface area contributed by atoms with E-state index in [1.165, 1.54) is 23.1 Å². The summed E-state index contributed by atoms with van der Waals surface area (Å²) >= 11 is 3.41. The first-order valence-corrected chi connectivity index (χ1v) is 16.7. The first-order valence-electron chi connectivity index (χ1n) is 14.5. The van der Waals surface area contributed by atoms with Crippen molar-refractivity contribution in [1.82, 2.24) is 10.2 Å². The van der Waals surface area contributed by atoms with Gasteiger partial charge in [-0.1, -0.05) is 88.2 Å². The summed E-state index contributed by atoms with van der Waals surface area (Å²) in [7, 11) is -4.24. The summed E-state index contributed by atoms with van der Waals surface area (Å²) in [6.45, 7) is 6.46. The minimum absolute atomic E-state index is 0.00726. The van der Waals surface area contributed by atoms with Gasteiger partial charge in [-0.15, -0.1) is 0 Å². The van der Waals surface area contributed by atoms with Crippen molar-refractivity contribution < 1.29 is 22.4 Å². The zero-order chi connectivity index (χ0) is 32.8. The smallest absolute Gasteiger partial charge is 0.264 e. The number of nitrogens with one attached hydrogen (secondary N) is 1. The van der Waals surface area contributed by atoms with E-state index in [0.717, 1.165) is 15.4 Å². The summed E-state index contributed by atoms with van der Waals surface area (Å²) in [6.07, 6.45) is 0.130. The molecular formula is C35H37BrFN3O4S. The maximum absolute atomic E-state index is 15.0. The Bertz CT molecular complexity index is 1740. The molecule has 4 aromatic carbocycles. The molecule has 10 heteroatoms. The Kier molecular flexibility index (Phi) is 10.8. The lowest BCUT2D eigenvalue weighted by atomic mass is 10.0. The lowest BCUT2D eigenvalue weighted by molar-refractivity contribution is -0.140. The van der Waals surface area contributed by atoms with E-state index in [0.29, 0.717) is 4.47 Å². The molecule has 0 aliphatic carbocycles. The van der Waals surface area contributed by atoms with Crippen molar-refractivity contribution in [3.05, 3.63) is 130 Å². The summed E-state index contributed by atoms with van der Waals surface area (Å²) in [5, 5.41) is 2.96. The largest absolute Gasteiger partial charge is 0.350 e. The number of aryl methyl sites for hydroxylation is 1. The van der Waals surface area contributed by atoms with E-state index in [9.17, 15) is 18.0 Å². The lowest BCUT2D eigenvalue weighted by Crippen LogP contribution is -2.56. The van der Waals surface area contributed by atoms with Gasteiger partial charge < -0.3 is 10.2 Å². The van der Waals surface area contributed by atoms with Gasteiger partial charge in [0.1, 0.15) is 18.4 Å². The number of anilines is 1. The number of sulfonamides is 1. The van der Waals surface area contributed by atoms with Crippen LogP contribution in [0.15, 0.2) is 112 Å². The van der Waals surface area contributed by atoms with Gasteiger partial charge in [0.2, 0.25) is 11.8 Å². The predicted molar refractivity (Wildman–Crippen MR) is 179 cm³/mol. The van der Waals surface area contributed by atoms with Gasteiger partial charge in [-0.25, -0.2) is 12.8 Å². The van der Waals surface area contributed by atoms with Gasteiger partial charge in [0, 0.05) is 28.5 Å². The molecule has 0 saturated carbocycles. The van der Waals surface area contributed by atoms with Crippen molar-refractivity contribution >= 4 is 43.5 Å². The third-order valence-corrected chi connectivity index (χ3v) is 9.33. The third kappa shape index (κ3) is 9.02. The van der Waals surface area contributed by atoms with E-state index >= 15 is 4.39 Å². The van der Waals surface area contributed by atoms with Crippen LogP contribution in [0.1, 0.15) is 37.5 Å². The second kappa shape index (κ2) is 14.4. The van der Waals surface area contributed by atoms with Crippen LogP contribution in [0.3, 0.4) is 0 Å². The number of benzene rings is 4. The zero-order valence-electron chi connectivity index (χ0n) is 25.7. The third-order valence-electron chi connectivity index (χ3n) is 7.05. The van der Waals surface area contributed by atoms with Crippen LogP contribution in [0.4, 0.5) is 10.1 Å². The first kappa shape index (κ1) is 33.9. The number of amides is 2. The molecule has 1 unspecified atom stereocenters. The van der Waals surface area contributed by atoms with Crippen LogP contribution < -0.4 is 9.62 Å². The van der Waals surface area contributed by atoms with Crippen LogP contribution in [0.5, 0.6) is 0 Å². The highest BCUT2D eigenvalue weighted by atomic mass is 79.9. The van der Waals surface area contributed by atoms with Crippen LogP contribution in [-0.2, 0) is 32.6 Å². The molecule has 236 valence electrons. The van der Waals surface area contributed by atoms with Gasteiger partial charge in [0.05, 0.1) is 10.6 Å². The minimum Gasteiger partial charge on any atom is -0.350 e. The molecule has 45 heavy (non-hydrogen) atoms. The fraction of sp³-hybridized carbons (Fsp3) is 0.257. The molecule has 1 N–H and O–H groups in total. The van der Waals surface area contributed by atoms with Gasteiger partial charge in [-0.05, 0) is 69.7 Å². The van der Waals surface area contributed by atoms with E-state index in [2.05, 4.69) is 21.2 Å². The van der Waals surface area contributed by atoms with E-state index in [1.807, 2.05) is 58.0 Å². The molecular weight excluding hydrogens is 657 g/mol. The van der Waals surface area contributed by atoms with Crippen LogP contribution >= 0.6 is 15.9 Å². The molecule has 4 aromatic rings. The number of carbonyl (C=O) groups excluding carboxylic acids is 2. The number of hydrogen-bond donors (Lipinski definition) is 1.